The summed E-state index contributed by atoms with van der Waals surface area (Å²) < 4.78 is 10.9. The van der Waals surface area contributed by atoms with E-state index in [-0.39, 0.29) is 11.7 Å². The van der Waals surface area contributed by atoms with Crippen molar-refractivity contribution in [2.75, 3.05) is 6.61 Å². The zero-order chi connectivity index (χ0) is 11.1. The molecule has 0 amide bonds. The molecule has 82 valence electrons. The van der Waals surface area contributed by atoms with Gasteiger partial charge in [-0.25, -0.2) is 0 Å². The van der Waals surface area contributed by atoms with Gasteiger partial charge in [0, 0.05) is 0 Å². The van der Waals surface area contributed by atoms with Crippen molar-refractivity contribution in [3.05, 3.63) is 28.8 Å². The van der Waals surface area contributed by atoms with Gasteiger partial charge in [0.1, 0.15) is 11.4 Å². The number of rotatable bonds is 3. The SMILES string of the molecule is CC(C)Oc1ccc(C2(C)CO2)cc1Cl. The molecule has 2 rings (SSSR count). The number of hydrogen-bond donors (Lipinski definition) is 0. The van der Waals surface area contributed by atoms with E-state index in [1.807, 2.05) is 32.0 Å². The molecule has 0 spiro atoms. The summed E-state index contributed by atoms with van der Waals surface area (Å²) in [6.07, 6.45) is 0.140. The molecular formula is C12H15ClO2. The summed E-state index contributed by atoms with van der Waals surface area (Å²) in [5.41, 5.74) is 0.989. The Morgan fingerprint density at radius 2 is 2.13 bits per heavy atom. The summed E-state index contributed by atoms with van der Waals surface area (Å²) >= 11 is 6.13. The van der Waals surface area contributed by atoms with Gasteiger partial charge in [-0.3, -0.25) is 0 Å². The Bertz CT molecular complexity index is 370. The van der Waals surface area contributed by atoms with E-state index < -0.39 is 0 Å². The van der Waals surface area contributed by atoms with Crippen molar-refractivity contribution in [1.29, 1.82) is 0 Å². The van der Waals surface area contributed by atoms with E-state index in [1.165, 1.54) is 0 Å². The van der Waals surface area contributed by atoms with Crippen LogP contribution in [0.2, 0.25) is 5.02 Å². The molecule has 1 atom stereocenters. The molecule has 1 saturated heterocycles. The highest BCUT2D eigenvalue weighted by atomic mass is 35.5. The van der Waals surface area contributed by atoms with Crippen LogP contribution in [0.5, 0.6) is 5.75 Å². The molecule has 1 heterocycles. The minimum atomic E-state index is -0.125. The van der Waals surface area contributed by atoms with Crippen LogP contribution in [0.1, 0.15) is 26.3 Å². The van der Waals surface area contributed by atoms with Gasteiger partial charge in [0.2, 0.25) is 0 Å². The standard InChI is InChI=1S/C12H15ClO2/c1-8(2)15-11-5-4-9(6-10(11)13)12(3)7-14-12/h4-6,8H,7H2,1-3H3. The first kappa shape index (κ1) is 10.8. The summed E-state index contributed by atoms with van der Waals surface area (Å²) in [5, 5.41) is 0.651. The summed E-state index contributed by atoms with van der Waals surface area (Å²) in [7, 11) is 0. The molecule has 1 unspecified atom stereocenters. The van der Waals surface area contributed by atoms with Gasteiger partial charge in [0.25, 0.3) is 0 Å². The van der Waals surface area contributed by atoms with E-state index in [0.717, 1.165) is 17.9 Å². The highest BCUT2D eigenvalue weighted by Gasteiger charge is 2.41. The second-order valence-electron chi connectivity index (χ2n) is 4.33. The van der Waals surface area contributed by atoms with Gasteiger partial charge in [0.05, 0.1) is 17.7 Å². The van der Waals surface area contributed by atoms with Crippen molar-refractivity contribution >= 4 is 11.6 Å². The van der Waals surface area contributed by atoms with Crippen molar-refractivity contribution in [2.45, 2.75) is 32.5 Å². The molecule has 0 aliphatic carbocycles. The van der Waals surface area contributed by atoms with Gasteiger partial charge in [-0.2, -0.15) is 0 Å². The first-order valence-electron chi connectivity index (χ1n) is 5.12. The van der Waals surface area contributed by atoms with E-state index >= 15 is 0 Å². The molecule has 1 aromatic rings. The van der Waals surface area contributed by atoms with Gasteiger partial charge in [-0.15, -0.1) is 0 Å². The minimum absolute atomic E-state index is 0.125. The third-order valence-corrected chi connectivity index (χ3v) is 2.78. The number of halogens is 1. The van der Waals surface area contributed by atoms with Crippen LogP contribution in [0.15, 0.2) is 18.2 Å². The molecule has 1 fully saturated rings. The van der Waals surface area contributed by atoms with Crippen molar-refractivity contribution in [3.63, 3.8) is 0 Å². The van der Waals surface area contributed by atoms with Crippen LogP contribution in [0, 0.1) is 0 Å². The van der Waals surface area contributed by atoms with E-state index in [2.05, 4.69) is 6.92 Å². The van der Waals surface area contributed by atoms with Crippen molar-refractivity contribution in [2.24, 2.45) is 0 Å². The van der Waals surface area contributed by atoms with Crippen LogP contribution >= 0.6 is 11.6 Å². The van der Waals surface area contributed by atoms with Crippen molar-refractivity contribution in [3.8, 4) is 5.75 Å². The van der Waals surface area contributed by atoms with Gasteiger partial charge in [-0.05, 0) is 38.5 Å². The topological polar surface area (TPSA) is 21.8 Å². The summed E-state index contributed by atoms with van der Waals surface area (Å²) in [4.78, 5) is 0. The zero-order valence-electron chi connectivity index (χ0n) is 9.21. The molecule has 0 N–H and O–H groups in total. The van der Waals surface area contributed by atoms with Crippen LogP contribution in [-0.2, 0) is 10.3 Å². The lowest BCUT2D eigenvalue weighted by molar-refractivity contribution is 0.242. The summed E-state index contributed by atoms with van der Waals surface area (Å²) in [5.74, 6) is 0.736. The Morgan fingerprint density at radius 3 is 2.60 bits per heavy atom. The quantitative estimate of drug-likeness (QED) is 0.738. The maximum Gasteiger partial charge on any atom is 0.138 e. The number of ether oxygens (including phenoxy) is 2. The Kier molecular flexibility index (Phi) is 2.65. The molecule has 1 aliphatic rings. The van der Waals surface area contributed by atoms with E-state index in [9.17, 15) is 0 Å². The molecule has 1 aromatic carbocycles. The largest absolute Gasteiger partial charge is 0.489 e. The fraction of sp³-hybridized carbons (Fsp3) is 0.500. The van der Waals surface area contributed by atoms with E-state index in [4.69, 9.17) is 21.1 Å². The Morgan fingerprint density at radius 1 is 1.47 bits per heavy atom. The predicted octanol–water partition coefficient (Wildman–Crippen LogP) is 3.37. The molecule has 2 nitrogen and oxygen atoms in total. The molecular weight excluding hydrogens is 212 g/mol. The van der Waals surface area contributed by atoms with Crippen molar-refractivity contribution < 1.29 is 9.47 Å². The Balaban J connectivity index is 2.23. The molecule has 1 aliphatic heterocycles. The lowest BCUT2D eigenvalue weighted by Gasteiger charge is -2.13. The third-order valence-electron chi connectivity index (χ3n) is 2.48. The average Bonchev–Trinajstić information content (AvgIpc) is 2.88. The monoisotopic (exact) mass is 226 g/mol. The van der Waals surface area contributed by atoms with Crippen LogP contribution in [-0.4, -0.2) is 12.7 Å². The Labute approximate surface area is 95.1 Å². The molecule has 0 aromatic heterocycles. The maximum absolute atomic E-state index is 6.13. The third kappa shape index (κ3) is 2.27. The van der Waals surface area contributed by atoms with Crippen LogP contribution < -0.4 is 4.74 Å². The molecule has 0 radical (unpaired) electrons. The van der Waals surface area contributed by atoms with Crippen molar-refractivity contribution in [1.82, 2.24) is 0 Å². The second kappa shape index (κ2) is 3.69. The number of hydrogen-bond acceptors (Lipinski definition) is 2. The van der Waals surface area contributed by atoms with E-state index in [1.54, 1.807) is 0 Å². The molecule has 15 heavy (non-hydrogen) atoms. The number of epoxide rings is 1. The van der Waals surface area contributed by atoms with Gasteiger partial charge < -0.3 is 9.47 Å². The van der Waals surface area contributed by atoms with Crippen LogP contribution in [0.4, 0.5) is 0 Å². The lowest BCUT2D eigenvalue weighted by atomic mass is 10.0. The van der Waals surface area contributed by atoms with Gasteiger partial charge >= 0.3 is 0 Å². The normalized spacial score (nSPS) is 24.3. The summed E-state index contributed by atoms with van der Waals surface area (Å²) in [6, 6.07) is 5.84. The minimum Gasteiger partial charge on any atom is -0.489 e. The Hall–Kier alpha value is -0.730. The average molecular weight is 227 g/mol. The van der Waals surface area contributed by atoms with E-state index in [0.29, 0.717) is 5.02 Å². The van der Waals surface area contributed by atoms with Gasteiger partial charge in [0.15, 0.2) is 0 Å². The predicted molar refractivity (Wildman–Crippen MR) is 60.5 cm³/mol. The highest BCUT2D eigenvalue weighted by Crippen LogP contribution is 2.40. The van der Waals surface area contributed by atoms with Gasteiger partial charge in [-0.1, -0.05) is 17.7 Å². The maximum atomic E-state index is 6.13. The summed E-state index contributed by atoms with van der Waals surface area (Å²) in [6.45, 7) is 6.79. The molecule has 0 saturated carbocycles. The van der Waals surface area contributed by atoms with Crippen LogP contribution in [0.3, 0.4) is 0 Å². The fourth-order valence-electron chi connectivity index (χ4n) is 1.45. The second-order valence-corrected chi connectivity index (χ2v) is 4.74. The number of benzene rings is 1. The smallest absolute Gasteiger partial charge is 0.138 e. The zero-order valence-corrected chi connectivity index (χ0v) is 9.97. The fourth-order valence-corrected chi connectivity index (χ4v) is 1.68. The highest BCUT2D eigenvalue weighted by molar-refractivity contribution is 6.32. The van der Waals surface area contributed by atoms with Crippen LogP contribution in [0.25, 0.3) is 0 Å². The first-order chi connectivity index (χ1) is 7.01. The molecule has 3 heteroatoms. The first-order valence-corrected chi connectivity index (χ1v) is 5.50. The lowest BCUT2D eigenvalue weighted by Crippen LogP contribution is -2.07. The molecule has 0 bridgehead atoms.